The number of likely N-dealkylation sites (tertiary alicyclic amines) is 1. The first-order valence-electron chi connectivity index (χ1n) is 15.4. The van der Waals surface area contributed by atoms with E-state index in [0.717, 1.165) is 54.0 Å². The number of methoxy groups -OCH3 is 1. The Balaban J connectivity index is 1.36. The van der Waals surface area contributed by atoms with Crippen molar-refractivity contribution in [3.8, 4) is 39.4 Å². The highest BCUT2D eigenvalue weighted by molar-refractivity contribution is 5.83. The number of carboxylic acid groups (broad SMARTS) is 1. The van der Waals surface area contributed by atoms with Crippen molar-refractivity contribution in [3.63, 3.8) is 0 Å². The van der Waals surface area contributed by atoms with Crippen molar-refractivity contribution in [2.45, 2.75) is 64.7 Å². The molecule has 7 heteroatoms. The fraction of sp³-hybridized carbons (Fsp3) is 0.351. The first-order chi connectivity index (χ1) is 21.2. The average molecular weight is 595 g/mol. The molecular weight excluding hydrogens is 552 g/mol. The predicted molar refractivity (Wildman–Crippen MR) is 174 cm³/mol. The third-order valence-electron chi connectivity index (χ3n) is 8.68. The quantitative estimate of drug-likeness (QED) is 0.174. The van der Waals surface area contributed by atoms with Gasteiger partial charge in [-0.3, -0.25) is 9.69 Å². The van der Waals surface area contributed by atoms with Gasteiger partial charge in [-0.1, -0.05) is 66.7 Å². The van der Waals surface area contributed by atoms with Gasteiger partial charge in [-0.25, -0.2) is 4.98 Å². The molecular formula is C37H42N2O5. The fourth-order valence-corrected chi connectivity index (χ4v) is 6.27. The van der Waals surface area contributed by atoms with Gasteiger partial charge in [0.15, 0.2) is 0 Å². The number of pyridine rings is 1. The molecule has 0 unspecified atom stereocenters. The Morgan fingerprint density at radius 1 is 0.955 bits per heavy atom. The van der Waals surface area contributed by atoms with Gasteiger partial charge in [0, 0.05) is 30.8 Å². The minimum absolute atomic E-state index is 0.206. The van der Waals surface area contributed by atoms with E-state index in [0.29, 0.717) is 25.1 Å². The summed E-state index contributed by atoms with van der Waals surface area (Å²) in [6, 6.07) is 25.6. The molecule has 1 saturated heterocycles. The number of aliphatic hydroxyl groups is 2. The largest absolute Gasteiger partial charge is 0.481 e. The first-order valence-corrected chi connectivity index (χ1v) is 15.4. The highest BCUT2D eigenvalue weighted by atomic mass is 16.5. The van der Waals surface area contributed by atoms with Crippen LogP contribution in [0.3, 0.4) is 0 Å². The predicted octanol–water partition coefficient (Wildman–Crippen LogP) is 6.43. The molecule has 0 radical (unpaired) electrons. The van der Waals surface area contributed by atoms with E-state index in [4.69, 9.17) is 14.8 Å². The maximum absolute atomic E-state index is 10.8. The molecule has 0 spiro atoms. The van der Waals surface area contributed by atoms with Crippen LogP contribution in [-0.4, -0.2) is 63.6 Å². The number of aliphatic hydroxyl groups excluding tert-OH is 2. The Hall–Kier alpha value is -4.04. The van der Waals surface area contributed by atoms with Crippen LogP contribution in [0.4, 0.5) is 0 Å². The van der Waals surface area contributed by atoms with Gasteiger partial charge in [0.2, 0.25) is 5.88 Å². The van der Waals surface area contributed by atoms with Crippen LogP contribution in [0.1, 0.15) is 47.9 Å². The van der Waals surface area contributed by atoms with Crippen molar-refractivity contribution >= 4 is 5.97 Å². The van der Waals surface area contributed by atoms with E-state index in [9.17, 15) is 15.0 Å². The van der Waals surface area contributed by atoms with E-state index in [1.165, 1.54) is 27.8 Å². The fourth-order valence-electron chi connectivity index (χ4n) is 6.27. The summed E-state index contributed by atoms with van der Waals surface area (Å²) >= 11 is 0. The van der Waals surface area contributed by atoms with Crippen LogP contribution in [0, 0.1) is 13.8 Å². The van der Waals surface area contributed by atoms with E-state index in [1.54, 1.807) is 7.11 Å². The molecule has 3 aromatic carbocycles. The number of carbonyl (C=O) groups is 1. The zero-order valence-electron chi connectivity index (χ0n) is 25.8. The second kappa shape index (κ2) is 14.2. The molecule has 4 aromatic rings. The number of aryl methyl sites for hydroxylation is 1. The summed E-state index contributed by atoms with van der Waals surface area (Å²) < 4.78 is 5.64. The molecule has 0 aliphatic carbocycles. The van der Waals surface area contributed by atoms with Crippen LogP contribution >= 0.6 is 0 Å². The maximum Gasteiger partial charge on any atom is 0.305 e. The molecule has 1 fully saturated rings. The van der Waals surface area contributed by atoms with Gasteiger partial charge >= 0.3 is 5.97 Å². The summed E-state index contributed by atoms with van der Waals surface area (Å²) in [5.41, 5.74) is 11.1. The third-order valence-corrected chi connectivity index (χ3v) is 8.68. The SMILES string of the molecule is COc1nc(-c2cccc(-c3cccc(-c4ccc(CN5CC[C@@H](O)C5)cc4)c3C)c2C)ccc1CCC[C@@H](O)CC(=O)O. The summed E-state index contributed by atoms with van der Waals surface area (Å²) in [4.78, 5) is 18.0. The lowest BCUT2D eigenvalue weighted by atomic mass is 9.88. The lowest BCUT2D eigenvalue weighted by Crippen LogP contribution is -2.21. The molecule has 1 aromatic heterocycles. The second-order valence-corrected chi connectivity index (χ2v) is 11.8. The van der Waals surface area contributed by atoms with Crippen LogP contribution in [-0.2, 0) is 17.8 Å². The van der Waals surface area contributed by atoms with Crippen molar-refractivity contribution in [1.82, 2.24) is 9.88 Å². The summed E-state index contributed by atoms with van der Waals surface area (Å²) in [6.07, 6.45) is 1.23. The van der Waals surface area contributed by atoms with Gasteiger partial charge in [0.25, 0.3) is 0 Å². The Kier molecular flexibility index (Phi) is 10.1. The highest BCUT2D eigenvalue weighted by Gasteiger charge is 2.20. The number of rotatable bonds is 12. The molecule has 7 nitrogen and oxygen atoms in total. The van der Waals surface area contributed by atoms with Gasteiger partial charge < -0.3 is 20.1 Å². The topological polar surface area (TPSA) is 103 Å². The normalized spacial score (nSPS) is 15.8. The standard InChI is InChI=1S/C37H42N2O5/c1-24-31(27-15-13-26(14-16-27)22-39-20-19-30(41)23-39)9-5-10-32(24)33-11-6-12-34(25(33)2)35-18-17-28(37(38-35)44-3)7-4-8-29(40)21-36(42)43/h5-6,9-18,29-30,40-41H,4,7-8,19-23H2,1-3H3,(H,42,43)/t29-,30-/m1/s1. The monoisotopic (exact) mass is 594 g/mol. The van der Waals surface area contributed by atoms with Gasteiger partial charge in [-0.05, 0) is 84.5 Å². The number of aromatic nitrogens is 1. The molecule has 0 saturated carbocycles. The van der Waals surface area contributed by atoms with Crippen molar-refractivity contribution in [1.29, 1.82) is 0 Å². The number of aliphatic carboxylic acids is 1. The van der Waals surface area contributed by atoms with Crippen molar-refractivity contribution in [2.75, 3.05) is 20.2 Å². The number of ether oxygens (including phenoxy) is 1. The second-order valence-electron chi connectivity index (χ2n) is 11.8. The summed E-state index contributed by atoms with van der Waals surface area (Å²) in [6.45, 7) is 6.86. The molecule has 2 atom stereocenters. The van der Waals surface area contributed by atoms with Crippen molar-refractivity contribution < 1.29 is 24.9 Å². The van der Waals surface area contributed by atoms with Gasteiger partial charge in [0.05, 0.1) is 31.4 Å². The zero-order valence-corrected chi connectivity index (χ0v) is 25.8. The molecule has 0 bridgehead atoms. The lowest BCUT2D eigenvalue weighted by molar-refractivity contribution is -0.139. The average Bonchev–Trinajstić information content (AvgIpc) is 3.42. The minimum atomic E-state index is -0.995. The summed E-state index contributed by atoms with van der Waals surface area (Å²) in [5.74, 6) is -0.451. The Morgan fingerprint density at radius 2 is 1.61 bits per heavy atom. The van der Waals surface area contributed by atoms with E-state index in [1.807, 2.05) is 12.1 Å². The van der Waals surface area contributed by atoms with Crippen LogP contribution in [0.2, 0.25) is 0 Å². The first kappa shape index (κ1) is 31.4. The summed E-state index contributed by atoms with van der Waals surface area (Å²) in [7, 11) is 1.61. The number of benzene rings is 3. The van der Waals surface area contributed by atoms with Crippen LogP contribution < -0.4 is 4.74 Å². The lowest BCUT2D eigenvalue weighted by Gasteiger charge is -2.18. The van der Waals surface area contributed by atoms with E-state index in [2.05, 4.69) is 79.4 Å². The van der Waals surface area contributed by atoms with E-state index in [-0.39, 0.29) is 12.5 Å². The number of carboxylic acids is 1. The van der Waals surface area contributed by atoms with Crippen molar-refractivity contribution in [3.05, 3.63) is 95.1 Å². The number of hydrogen-bond donors (Lipinski definition) is 3. The smallest absolute Gasteiger partial charge is 0.305 e. The molecule has 2 heterocycles. The zero-order chi connectivity index (χ0) is 31.2. The minimum Gasteiger partial charge on any atom is -0.481 e. The van der Waals surface area contributed by atoms with Crippen LogP contribution in [0.15, 0.2) is 72.8 Å². The van der Waals surface area contributed by atoms with Gasteiger partial charge in [-0.2, -0.15) is 0 Å². The molecule has 3 N–H and O–H groups in total. The Morgan fingerprint density at radius 3 is 2.25 bits per heavy atom. The molecule has 44 heavy (non-hydrogen) atoms. The molecule has 5 rings (SSSR count). The van der Waals surface area contributed by atoms with Crippen molar-refractivity contribution in [2.24, 2.45) is 0 Å². The van der Waals surface area contributed by atoms with E-state index < -0.39 is 12.1 Å². The Bertz CT molecular complexity index is 1600. The maximum atomic E-state index is 10.8. The highest BCUT2D eigenvalue weighted by Crippen LogP contribution is 2.37. The molecule has 0 amide bonds. The summed E-state index contributed by atoms with van der Waals surface area (Å²) in [5, 5.41) is 28.6. The van der Waals surface area contributed by atoms with E-state index >= 15 is 0 Å². The van der Waals surface area contributed by atoms with Crippen LogP contribution in [0.25, 0.3) is 33.5 Å². The van der Waals surface area contributed by atoms with Gasteiger partial charge in [0.1, 0.15) is 0 Å². The van der Waals surface area contributed by atoms with Gasteiger partial charge in [-0.15, -0.1) is 0 Å². The van der Waals surface area contributed by atoms with Crippen LogP contribution in [0.5, 0.6) is 5.88 Å². The number of nitrogens with zero attached hydrogens (tertiary/aromatic N) is 2. The molecule has 1 aliphatic heterocycles. The molecule has 230 valence electrons. The number of β-amino-alcohol motifs (C(OH)–C–C–N with tert-alkyl or cyclic N) is 1. The third kappa shape index (κ3) is 7.36. The molecule has 1 aliphatic rings. The number of hydrogen-bond acceptors (Lipinski definition) is 6. The Labute approximate surface area is 259 Å².